The number of thiophene rings is 1. The number of nitrogens with zero attached hydrogens (tertiary/aromatic N) is 2. The summed E-state index contributed by atoms with van der Waals surface area (Å²) in [4.78, 5) is 33.1. The number of hydrogen-bond acceptors (Lipinski definition) is 5. The largest absolute Gasteiger partial charge is 0.379 e. The topological polar surface area (TPSA) is 75.3 Å². The van der Waals surface area contributed by atoms with Gasteiger partial charge < -0.3 is 14.6 Å². The number of aromatic amines is 1. The van der Waals surface area contributed by atoms with Crippen molar-refractivity contribution in [3.05, 3.63) is 50.8 Å². The fourth-order valence-corrected chi connectivity index (χ4v) is 3.25. The lowest BCUT2D eigenvalue weighted by Gasteiger charge is -2.22. The molecule has 116 valence electrons. The van der Waals surface area contributed by atoms with E-state index in [1.165, 1.54) is 23.7 Å². The van der Waals surface area contributed by atoms with Crippen LogP contribution in [-0.4, -0.2) is 47.1 Å². The van der Waals surface area contributed by atoms with Crippen LogP contribution in [0.3, 0.4) is 0 Å². The Kier molecular flexibility index (Phi) is 4.65. The molecule has 0 radical (unpaired) electrons. The van der Waals surface area contributed by atoms with Crippen LogP contribution in [0, 0.1) is 5.92 Å². The fourth-order valence-electron chi connectivity index (χ4n) is 2.56. The molecule has 7 heteroatoms. The maximum absolute atomic E-state index is 12.5. The van der Waals surface area contributed by atoms with Crippen molar-refractivity contribution in [1.82, 2.24) is 14.9 Å². The second-order valence-electron chi connectivity index (χ2n) is 5.28. The molecule has 0 aliphatic carbocycles. The van der Waals surface area contributed by atoms with Gasteiger partial charge in [-0.1, -0.05) is 6.07 Å². The molecule has 0 spiro atoms. The minimum absolute atomic E-state index is 0.0457. The van der Waals surface area contributed by atoms with Crippen molar-refractivity contribution < 1.29 is 9.53 Å². The highest BCUT2D eigenvalue weighted by molar-refractivity contribution is 7.12. The van der Waals surface area contributed by atoms with Gasteiger partial charge in [-0.3, -0.25) is 9.59 Å². The van der Waals surface area contributed by atoms with Crippen molar-refractivity contribution in [2.75, 3.05) is 26.3 Å². The quantitative estimate of drug-likeness (QED) is 0.921. The van der Waals surface area contributed by atoms with Gasteiger partial charge in [0.25, 0.3) is 11.5 Å². The highest BCUT2D eigenvalue weighted by Gasteiger charge is 2.24. The Morgan fingerprint density at radius 1 is 1.55 bits per heavy atom. The summed E-state index contributed by atoms with van der Waals surface area (Å²) in [5.41, 5.74) is 0.564. The van der Waals surface area contributed by atoms with E-state index in [0.717, 1.165) is 10.6 Å². The summed E-state index contributed by atoms with van der Waals surface area (Å²) in [5.74, 6) is 0.185. The molecule has 1 amide bonds. The van der Waals surface area contributed by atoms with Gasteiger partial charge in [0.2, 0.25) is 0 Å². The lowest BCUT2D eigenvalue weighted by Crippen LogP contribution is -2.36. The summed E-state index contributed by atoms with van der Waals surface area (Å²) in [6.07, 6.45) is 2.03. The van der Waals surface area contributed by atoms with Crippen molar-refractivity contribution in [3.8, 4) is 0 Å². The number of carbonyl (C=O) groups excluding carboxylic acids is 1. The number of ether oxygens (including phenoxy) is 1. The molecule has 2 aromatic heterocycles. The van der Waals surface area contributed by atoms with Gasteiger partial charge in [0.15, 0.2) is 0 Å². The van der Waals surface area contributed by atoms with Crippen LogP contribution in [0.25, 0.3) is 0 Å². The lowest BCUT2D eigenvalue weighted by atomic mass is 10.0. The number of aromatic nitrogens is 2. The smallest absolute Gasteiger partial charge is 0.264 e. The molecule has 1 aliphatic heterocycles. The van der Waals surface area contributed by atoms with E-state index in [4.69, 9.17) is 4.74 Å². The van der Waals surface area contributed by atoms with Gasteiger partial charge in [-0.15, -0.1) is 11.3 Å². The van der Waals surface area contributed by atoms with E-state index < -0.39 is 0 Å². The number of carbonyl (C=O) groups is 1. The Balaban J connectivity index is 1.70. The van der Waals surface area contributed by atoms with Crippen LogP contribution in [-0.2, 0) is 11.2 Å². The zero-order valence-corrected chi connectivity index (χ0v) is 12.8. The molecule has 2 aromatic rings. The molecule has 0 unspecified atom stereocenters. The second kappa shape index (κ2) is 6.85. The van der Waals surface area contributed by atoms with Gasteiger partial charge in [-0.25, -0.2) is 4.98 Å². The van der Waals surface area contributed by atoms with Crippen LogP contribution in [0.15, 0.2) is 34.7 Å². The molecule has 0 saturated carbocycles. The summed E-state index contributed by atoms with van der Waals surface area (Å²) in [6, 6.07) is 5.21. The molecule has 1 fully saturated rings. The van der Waals surface area contributed by atoms with E-state index in [1.54, 1.807) is 0 Å². The first-order valence-corrected chi connectivity index (χ1v) is 8.04. The summed E-state index contributed by atoms with van der Waals surface area (Å²) in [6.45, 7) is 2.32. The Labute approximate surface area is 131 Å². The molecule has 3 rings (SSSR count). The third-order valence-corrected chi connectivity index (χ3v) is 4.45. The van der Waals surface area contributed by atoms with E-state index in [0.29, 0.717) is 32.7 Å². The van der Waals surface area contributed by atoms with Gasteiger partial charge >= 0.3 is 0 Å². The van der Waals surface area contributed by atoms with Crippen molar-refractivity contribution in [1.29, 1.82) is 0 Å². The standard InChI is InChI=1S/C15H17N3O3S/c19-14-7-12(16-10-17-14)6-11-8-18(3-4-21-9-11)15(20)13-2-1-5-22-13/h1-2,5,7,10-11H,3-4,6,8-9H2,(H,16,17,19)/t11-/m0/s1. The lowest BCUT2D eigenvalue weighted by molar-refractivity contribution is 0.0742. The molecule has 1 N–H and O–H groups in total. The molecular weight excluding hydrogens is 302 g/mol. The summed E-state index contributed by atoms with van der Waals surface area (Å²) in [5, 5.41) is 1.90. The minimum atomic E-state index is -0.161. The highest BCUT2D eigenvalue weighted by atomic mass is 32.1. The minimum Gasteiger partial charge on any atom is -0.379 e. The third-order valence-electron chi connectivity index (χ3n) is 3.59. The number of nitrogens with one attached hydrogen (secondary N) is 1. The third kappa shape index (κ3) is 3.61. The first kappa shape index (κ1) is 14.9. The fraction of sp³-hybridized carbons (Fsp3) is 0.400. The van der Waals surface area contributed by atoms with E-state index in [9.17, 15) is 9.59 Å². The SMILES string of the molecule is O=C(c1cccs1)N1CCOC[C@@H](Cc2cc(=O)[nH]cn2)C1. The maximum Gasteiger partial charge on any atom is 0.264 e. The average Bonchev–Trinajstić information content (AvgIpc) is 2.94. The zero-order valence-electron chi connectivity index (χ0n) is 12.0. The van der Waals surface area contributed by atoms with Crippen LogP contribution in [0.2, 0.25) is 0 Å². The number of hydrogen-bond donors (Lipinski definition) is 1. The van der Waals surface area contributed by atoms with Crippen molar-refractivity contribution in [2.45, 2.75) is 6.42 Å². The molecule has 1 aliphatic rings. The molecular formula is C15H17N3O3S. The van der Waals surface area contributed by atoms with E-state index in [2.05, 4.69) is 9.97 Å². The predicted octanol–water partition coefficient (Wildman–Crippen LogP) is 1.16. The summed E-state index contributed by atoms with van der Waals surface area (Å²) >= 11 is 1.45. The second-order valence-corrected chi connectivity index (χ2v) is 6.22. The average molecular weight is 319 g/mol. The van der Waals surface area contributed by atoms with Crippen molar-refractivity contribution in [3.63, 3.8) is 0 Å². The zero-order chi connectivity index (χ0) is 15.4. The first-order chi connectivity index (χ1) is 10.7. The highest BCUT2D eigenvalue weighted by Crippen LogP contribution is 2.17. The molecule has 1 atom stereocenters. The summed E-state index contributed by atoms with van der Waals surface area (Å²) < 4.78 is 5.60. The van der Waals surface area contributed by atoms with Gasteiger partial charge in [0, 0.05) is 30.8 Å². The molecule has 0 aromatic carbocycles. The van der Waals surface area contributed by atoms with Crippen LogP contribution in [0.1, 0.15) is 15.4 Å². The van der Waals surface area contributed by atoms with Crippen molar-refractivity contribution >= 4 is 17.2 Å². The Morgan fingerprint density at radius 3 is 3.23 bits per heavy atom. The van der Waals surface area contributed by atoms with Crippen LogP contribution >= 0.6 is 11.3 Å². The van der Waals surface area contributed by atoms with Gasteiger partial charge in [-0.2, -0.15) is 0 Å². The number of H-pyrrole nitrogens is 1. The monoisotopic (exact) mass is 319 g/mol. The predicted molar refractivity (Wildman–Crippen MR) is 83.1 cm³/mol. The van der Waals surface area contributed by atoms with Gasteiger partial charge in [0.05, 0.1) is 24.4 Å². The van der Waals surface area contributed by atoms with Crippen LogP contribution in [0.5, 0.6) is 0 Å². The van der Waals surface area contributed by atoms with E-state index in [-0.39, 0.29) is 17.4 Å². The van der Waals surface area contributed by atoms with Gasteiger partial charge in [0.1, 0.15) is 0 Å². The number of amides is 1. The molecule has 6 nitrogen and oxygen atoms in total. The van der Waals surface area contributed by atoms with Crippen molar-refractivity contribution in [2.24, 2.45) is 5.92 Å². The van der Waals surface area contributed by atoms with E-state index >= 15 is 0 Å². The van der Waals surface area contributed by atoms with Gasteiger partial charge in [-0.05, 0) is 17.9 Å². The first-order valence-electron chi connectivity index (χ1n) is 7.16. The molecule has 0 bridgehead atoms. The maximum atomic E-state index is 12.5. The molecule has 3 heterocycles. The summed E-state index contributed by atoms with van der Waals surface area (Å²) in [7, 11) is 0. The molecule has 22 heavy (non-hydrogen) atoms. The Bertz CT molecular complexity index is 683. The molecule has 1 saturated heterocycles. The Morgan fingerprint density at radius 2 is 2.45 bits per heavy atom. The number of rotatable bonds is 3. The van der Waals surface area contributed by atoms with E-state index in [1.807, 2.05) is 22.4 Å². The van der Waals surface area contributed by atoms with Crippen LogP contribution < -0.4 is 5.56 Å². The Hall–Kier alpha value is -1.99. The van der Waals surface area contributed by atoms with Crippen LogP contribution in [0.4, 0.5) is 0 Å². The normalized spacial score (nSPS) is 18.9.